The lowest BCUT2D eigenvalue weighted by atomic mass is 9.55. The van der Waals surface area contributed by atoms with Crippen LogP contribution < -0.4 is 0 Å². The molecule has 0 radical (unpaired) electrons. The Morgan fingerprint density at radius 2 is 1.27 bits per heavy atom. The van der Waals surface area contributed by atoms with Gasteiger partial charge in [-0.1, -0.05) is 68.7 Å². The molecule has 0 amide bonds. The summed E-state index contributed by atoms with van der Waals surface area (Å²) < 4.78 is 0. The molecule has 0 aliphatic rings. The summed E-state index contributed by atoms with van der Waals surface area (Å²) in [7, 11) is 0. The fourth-order valence-corrected chi connectivity index (χ4v) is 2.68. The molecule has 0 bridgehead atoms. The molecule has 0 fully saturated rings. The SMILES string of the molecule is CCC(C)(CC(C)(C)C)C(C)(C)C(C)C. The maximum atomic E-state index is 2.47. The van der Waals surface area contributed by atoms with E-state index in [1.165, 1.54) is 12.8 Å². The molecule has 0 spiro atoms. The van der Waals surface area contributed by atoms with Gasteiger partial charge in [-0.3, -0.25) is 0 Å². The second-order valence-corrected chi connectivity index (χ2v) is 7.53. The molecule has 0 N–H and O–H groups in total. The van der Waals surface area contributed by atoms with Crippen molar-refractivity contribution in [3.63, 3.8) is 0 Å². The van der Waals surface area contributed by atoms with Crippen LogP contribution in [0, 0.1) is 22.2 Å². The minimum Gasteiger partial charge on any atom is -0.0648 e. The summed E-state index contributed by atoms with van der Waals surface area (Å²) in [6.07, 6.45) is 2.58. The Morgan fingerprint density at radius 3 is 1.47 bits per heavy atom. The zero-order chi connectivity index (χ0) is 12.5. The average molecular weight is 212 g/mol. The van der Waals surface area contributed by atoms with Gasteiger partial charge >= 0.3 is 0 Å². The third-order valence-corrected chi connectivity index (χ3v) is 4.70. The van der Waals surface area contributed by atoms with Crippen molar-refractivity contribution in [1.82, 2.24) is 0 Å². The van der Waals surface area contributed by atoms with Gasteiger partial charge < -0.3 is 0 Å². The lowest BCUT2D eigenvalue weighted by Gasteiger charge is -2.50. The van der Waals surface area contributed by atoms with Gasteiger partial charge in [0.05, 0.1) is 0 Å². The van der Waals surface area contributed by atoms with Crippen LogP contribution in [0.4, 0.5) is 0 Å². The van der Waals surface area contributed by atoms with Gasteiger partial charge in [0.25, 0.3) is 0 Å². The van der Waals surface area contributed by atoms with Crippen molar-refractivity contribution >= 4 is 0 Å². The Bertz CT molecular complexity index is 193. The quantitative estimate of drug-likeness (QED) is 0.575. The minimum absolute atomic E-state index is 0.412. The molecule has 0 aromatic heterocycles. The molecule has 0 aliphatic heterocycles. The van der Waals surface area contributed by atoms with Crippen LogP contribution in [0.1, 0.15) is 75.2 Å². The molecule has 0 heteroatoms. The number of rotatable bonds is 4. The van der Waals surface area contributed by atoms with Gasteiger partial charge in [-0.2, -0.15) is 0 Å². The van der Waals surface area contributed by atoms with Crippen molar-refractivity contribution in [2.45, 2.75) is 75.2 Å². The zero-order valence-electron chi connectivity index (χ0n) is 12.5. The van der Waals surface area contributed by atoms with Crippen LogP contribution in [-0.2, 0) is 0 Å². The fraction of sp³-hybridized carbons (Fsp3) is 1.00. The van der Waals surface area contributed by atoms with E-state index in [4.69, 9.17) is 0 Å². The summed E-state index contributed by atoms with van der Waals surface area (Å²) in [5.74, 6) is 0.741. The predicted octanol–water partition coefficient (Wildman–Crippen LogP) is 5.52. The summed E-state index contributed by atoms with van der Waals surface area (Å²) in [5, 5.41) is 0. The van der Waals surface area contributed by atoms with Crippen molar-refractivity contribution in [1.29, 1.82) is 0 Å². The van der Waals surface area contributed by atoms with Crippen molar-refractivity contribution in [3.05, 3.63) is 0 Å². The predicted molar refractivity (Wildman–Crippen MR) is 71.1 cm³/mol. The standard InChI is InChI=1S/C15H32/c1-10-15(9,11-13(4,5)6)14(7,8)12(2)3/h12H,10-11H2,1-9H3. The molecule has 1 atom stereocenters. The van der Waals surface area contributed by atoms with Crippen molar-refractivity contribution in [2.24, 2.45) is 22.2 Å². The minimum atomic E-state index is 0.412. The van der Waals surface area contributed by atoms with Crippen LogP contribution in [0.2, 0.25) is 0 Å². The monoisotopic (exact) mass is 212 g/mol. The molecular formula is C15H32. The number of hydrogen-bond acceptors (Lipinski definition) is 0. The Labute approximate surface area is 97.8 Å². The largest absolute Gasteiger partial charge is 0.0648 e. The molecule has 0 aromatic rings. The maximum Gasteiger partial charge on any atom is -0.0270 e. The van der Waals surface area contributed by atoms with E-state index < -0.39 is 0 Å². The molecule has 0 saturated carbocycles. The molecule has 92 valence electrons. The number of hydrogen-bond donors (Lipinski definition) is 0. The van der Waals surface area contributed by atoms with Gasteiger partial charge in [-0.05, 0) is 28.6 Å². The van der Waals surface area contributed by atoms with E-state index in [0.29, 0.717) is 16.2 Å². The van der Waals surface area contributed by atoms with Crippen LogP contribution in [0.15, 0.2) is 0 Å². The van der Waals surface area contributed by atoms with E-state index in [1.54, 1.807) is 0 Å². The van der Waals surface area contributed by atoms with E-state index >= 15 is 0 Å². The molecule has 0 aromatic carbocycles. The van der Waals surface area contributed by atoms with E-state index in [0.717, 1.165) is 5.92 Å². The smallest absolute Gasteiger partial charge is 0.0270 e. The summed E-state index contributed by atoms with van der Waals surface area (Å²) in [5.41, 5.74) is 1.28. The first-order valence-electron chi connectivity index (χ1n) is 6.46. The van der Waals surface area contributed by atoms with Gasteiger partial charge in [0.1, 0.15) is 0 Å². The molecule has 0 saturated heterocycles. The first-order chi connectivity index (χ1) is 6.46. The Balaban J connectivity index is 5.01. The highest BCUT2D eigenvalue weighted by atomic mass is 14.5. The van der Waals surface area contributed by atoms with Crippen molar-refractivity contribution in [2.75, 3.05) is 0 Å². The summed E-state index contributed by atoms with van der Waals surface area (Å²) in [6.45, 7) is 21.5. The third-order valence-electron chi connectivity index (χ3n) is 4.70. The molecule has 15 heavy (non-hydrogen) atoms. The molecular weight excluding hydrogens is 180 g/mol. The van der Waals surface area contributed by atoms with Gasteiger partial charge in [0, 0.05) is 0 Å². The van der Waals surface area contributed by atoms with Crippen molar-refractivity contribution in [3.8, 4) is 0 Å². The van der Waals surface area contributed by atoms with E-state index in [-0.39, 0.29) is 0 Å². The molecule has 1 unspecified atom stereocenters. The highest BCUT2D eigenvalue weighted by Crippen LogP contribution is 2.52. The summed E-state index contributed by atoms with van der Waals surface area (Å²) >= 11 is 0. The van der Waals surface area contributed by atoms with Gasteiger partial charge in [0.15, 0.2) is 0 Å². The summed E-state index contributed by atoms with van der Waals surface area (Å²) in [6, 6.07) is 0. The second kappa shape index (κ2) is 4.47. The second-order valence-electron chi connectivity index (χ2n) is 7.53. The normalized spacial score (nSPS) is 18.0. The Morgan fingerprint density at radius 1 is 0.867 bits per heavy atom. The topological polar surface area (TPSA) is 0 Å². The molecule has 0 aliphatic carbocycles. The van der Waals surface area contributed by atoms with E-state index in [2.05, 4.69) is 62.3 Å². The van der Waals surface area contributed by atoms with Crippen LogP contribution in [0.5, 0.6) is 0 Å². The highest BCUT2D eigenvalue weighted by molar-refractivity contribution is 4.93. The van der Waals surface area contributed by atoms with Gasteiger partial charge in [-0.25, -0.2) is 0 Å². The van der Waals surface area contributed by atoms with Crippen LogP contribution >= 0.6 is 0 Å². The van der Waals surface area contributed by atoms with Crippen LogP contribution in [0.25, 0.3) is 0 Å². The molecule has 0 nitrogen and oxygen atoms in total. The van der Waals surface area contributed by atoms with Crippen LogP contribution in [0.3, 0.4) is 0 Å². The van der Waals surface area contributed by atoms with Crippen LogP contribution in [-0.4, -0.2) is 0 Å². The highest BCUT2D eigenvalue weighted by Gasteiger charge is 2.43. The average Bonchev–Trinajstić information content (AvgIpc) is 2.00. The Hall–Kier alpha value is 0. The maximum absolute atomic E-state index is 2.47. The Kier molecular flexibility index (Phi) is 4.47. The fourth-order valence-electron chi connectivity index (χ4n) is 2.68. The lowest BCUT2D eigenvalue weighted by molar-refractivity contribution is -0.00140. The van der Waals surface area contributed by atoms with E-state index in [1.807, 2.05) is 0 Å². The lowest BCUT2D eigenvalue weighted by Crippen LogP contribution is -2.41. The van der Waals surface area contributed by atoms with Crippen molar-refractivity contribution < 1.29 is 0 Å². The van der Waals surface area contributed by atoms with Gasteiger partial charge in [0.2, 0.25) is 0 Å². The molecule has 0 heterocycles. The van der Waals surface area contributed by atoms with Gasteiger partial charge in [-0.15, -0.1) is 0 Å². The van der Waals surface area contributed by atoms with E-state index in [9.17, 15) is 0 Å². The zero-order valence-corrected chi connectivity index (χ0v) is 12.5. The first-order valence-corrected chi connectivity index (χ1v) is 6.46. The molecule has 0 rings (SSSR count). The first kappa shape index (κ1) is 15.0. The third kappa shape index (κ3) is 3.50. The summed E-state index contributed by atoms with van der Waals surface area (Å²) in [4.78, 5) is 0.